The van der Waals surface area contributed by atoms with E-state index in [4.69, 9.17) is 9.47 Å². The van der Waals surface area contributed by atoms with Gasteiger partial charge in [0.25, 0.3) is 0 Å². The van der Waals surface area contributed by atoms with Crippen LogP contribution in [0.2, 0.25) is 0 Å². The number of ether oxygens (including phenoxy) is 2. The van der Waals surface area contributed by atoms with Crippen LogP contribution in [-0.4, -0.2) is 41.5 Å². The van der Waals surface area contributed by atoms with Gasteiger partial charge in [0.2, 0.25) is 0 Å². The Morgan fingerprint density at radius 1 is 1.10 bits per heavy atom. The summed E-state index contributed by atoms with van der Waals surface area (Å²) in [7, 11) is 0. The fourth-order valence-corrected chi connectivity index (χ4v) is 2.05. The molecule has 21 heavy (non-hydrogen) atoms. The van der Waals surface area contributed by atoms with Crippen molar-refractivity contribution in [3.05, 3.63) is 36.0 Å². The zero-order valence-electron chi connectivity index (χ0n) is 12.5. The van der Waals surface area contributed by atoms with E-state index in [0.29, 0.717) is 26.3 Å². The molecule has 0 amide bonds. The minimum Gasteiger partial charge on any atom is -0.352 e. The molecule has 2 rings (SSSR count). The van der Waals surface area contributed by atoms with Crippen molar-refractivity contribution < 1.29 is 9.47 Å². The molecule has 1 aromatic carbocycles. The summed E-state index contributed by atoms with van der Waals surface area (Å²) < 4.78 is 11.0. The fourth-order valence-electron chi connectivity index (χ4n) is 2.05. The van der Waals surface area contributed by atoms with Gasteiger partial charge in [-0.2, -0.15) is 15.4 Å². The van der Waals surface area contributed by atoms with Crippen LogP contribution in [0.3, 0.4) is 0 Å². The second-order valence-electron chi connectivity index (χ2n) is 4.46. The largest absolute Gasteiger partial charge is 0.352 e. The Balaban J connectivity index is 1.91. The smallest absolute Gasteiger partial charge is 0.169 e. The molecule has 0 saturated carbocycles. The molecule has 2 aromatic rings. The first-order valence-electron chi connectivity index (χ1n) is 7.24. The predicted octanol–water partition coefficient (Wildman–Crippen LogP) is 1.96. The molecule has 0 bridgehead atoms. The first-order chi connectivity index (χ1) is 10.3. The molecule has 0 unspecified atom stereocenters. The highest BCUT2D eigenvalue weighted by atomic mass is 16.7. The first kappa shape index (κ1) is 15.6. The number of rotatable bonds is 9. The van der Waals surface area contributed by atoms with Crippen LogP contribution >= 0.6 is 0 Å². The number of H-pyrrole nitrogens is 1. The highest BCUT2D eigenvalue weighted by molar-refractivity contribution is 5.60. The quantitative estimate of drug-likeness (QED) is 0.691. The van der Waals surface area contributed by atoms with Gasteiger partial charge in [-0.1, -0.05) is 30.3 Å². The molecule has 0 aliphatic rings. The molecular formula is C15H22N4O2. The number of aromatic nitrogens is 3. The number of hydrogen-bond acceptors (Lipinski definition) is 5. The second-order valence-corrected chi connectivity index (χ2v) is 4.46. The van der Waals surface area contributed by atoms with Crippen LogP contribution in [0.4, 0.5) is 0 Å². The normalized spacial score (nSPS) is 11.2. The molecule has 0 saturated heterocycles. The van der Waals surface area contributed by atoms with E-state index in [0.717, 1.165) is 17.0 Å². The van der Waals surface area contributed by atoms with Crippen molar-refractivity contribution in [2.45, 2.75) is 26.7 Å². The van der Waals surface area contributed by atoms with Gasteiger partial charge >= 0.3 is 0 Å². The van der Waals surface area contributed by atoms with Crippen LogP contribution in [0.5, 0.6) is 0 Å². The van der Waals surface area contributed by atoms with E-state index in [1.54, 1.807) is 0 Å². The van der Waals surface area contributed by atoms with Crippen LogP contribution in [0.1, 0.15) is 19.5 Å². The summed E-state index contributed by atoms with van der Waals surface area (Å²) in [5.41, 5.74) is 2.80. The van der Waals surface area contributed by atoms with E-state index in [9.17, 15) is 0 Å². The molecule has 6 nitrogen and oxygen atoms in total. The molecule has 6 heteroatoms. The fraction of sp³-hybridized carbons (Fsp3) is 0.467. The van der Waals surface area contributed by atoms with Crippen LogP contribution in [0.15, 0.2) is 30.3 Å². The van der Waals surface area contributed by atoms with Crippen LogP contribution < -0.4 is 5.32 Å². The molecule has 1 heterocycles. The highest BCUT2D eigenvalue weighted by Crippen LogP contribution is 2.18. The summed E-state index contributed by atoms with van der Waals surface area (Å²) in [5, 5.41) is 14.4. The zero-order valence-corrected chi connectivity index (χ0v) is 12.5. The van der Waals surface area contributed by atoms with Crippen molar-refractivity contribution in [2.75, 3.05) is 19.8 Å². The van der Waals surface area contributed by atoms with Gasteiger partial charge in [-0.3, -0.25) is 0 Å². The van der Waals surface area contributed by atoms with E-state index in [-0.39, 0.29) is 6.29 Å². The lowest BCUT2D eigenvalue weighted by Crippen LogP contribution is -2.31. The summed E-state index contributed by atoms with van der Waals surface area (Å²) >= 11 is 0. The van der Waals surface area contributed by atoms with Crippen molar-refractivity contribution in [2.24, 2.45) is 0 Å². The van der Waals surface area contributed by atoms with Gasteiger partial charge in [-0.05, 0) is 13.8 Å². The van der Waals surface area contributed by atoms with Crippen molar-refractivity contribution in [3.63, 3.8) is 0 Å². The topological polar surface area (TPSA) is 72.1 Å². The van der Waals surface area contributed by atoms with Crippen LogP contribution in [0.25, 0.3) is 11.3 Å². The van der Waals surface area contributed by atoms with Gasteiger partial charge in [-0.15, -0.1) is 0 Å². The Hall–Kier alpha value is -1.76. The molecular weight excluding hydrogens is 268 g/mol. The van der Waals surface area contributed by atoms with Crippen molar-refractivity contribution in [1.29, 1.82) is 0 Å². The van der Waals surface area contributed by atoms with Crippen LogP contribution in [0, 0.1) is 0 Å². The first-order valence-corrected chi connectivity index (χ1v) is 7.24. The average Bonchev–Trinajstić information content (AvgIpc) is 2.97. The van der Waals surface area contributed by atoms with Crippen molar-refractivity contribution in [3.8, 4) is 11.3 Å². The highest BCUT2D eigenvalue weighted by Gasteiger charge is 2.11. The number of nitrogens with one attached hydrogen (secondary N) is 2. The number of hydrogen-bond donors (Lipinski definition) is 2. The van der Waals surface area contributed by atoms with Crippen molar-refractivity contribution >= 4 is 0 Å². The molecule has 114 valence electrons. The lowest BCUT2D eigenvalue weighted by atomic mass is 10.1. The zero-order chi connectivity index (χ0) is 14.9. The molecule has 0 radical (unpaired) electrons. The maximum Gasteiger partial charge on any atom is 0.169 e. The van der Waals surface area contributed by atoms with Gasteiger partial charge in [0, 0.05) is 31.9 Å². The summed E-state index contributed by atoms with van der Waals surface area (Å²) in [4.78, 5) is 0. The minimum absolute atomic E-state index is 0.230. The lowest BCUT2D eigenvalue weighted by molar-refractivity contribution is -0.133. The molecule has 0 aliphatic heterocycles. The number of aromatic amines is 1. The predicted molar refractivity (Wildman–Crippen MR) is 80.6 cm³/mol. The van der Waals surface area contributed by atoms with Crippen molar-refractivity contribution in [1.82, 2.24) is 20.7 Å². The average molecular weight is 290 g/mol. The SMILES string of the molecule is CCOC(CNCc1n[nH]nc1-c1ccccc1)OCC. The second kappa shape index (κ2) is 8.51. The number of benzene rings is 1. The Bertz CT molecular complexity index is 509. The maximum absolute atomic E-state index is 5.49. The molecule has 0 fully saturated rings. The Morgan fingerprint density at radius 2 is 1.81 bits per heavy atom. The third kappa shape index (κ3) is 4.63. The van der Waals surface area contributed by atoms with Gasteiger partial charge in [0.15, 0.2) is 6.29 Å². The van der Waals surface area contributed by atoms with Gasteiger partial charge in [-0.25, -0.2) is 0 Å². The molecule has 2 N–H and O–H groups in total. The Kier molecular flexibility index (Phi) is 6.33. The Labute approximate surface area is 124 Å². The van der Waals surface area contributed by atoms with Gasteiger partial charge in [0.1, 0.15) is 11.4 Å². The lowest BCUT2D eigenvalue weighted by Gasteiger charge is -2.17. The molecule has 1 aromatic heterocycles. The van der Waals surface area contributed by atoms with E-state index in [2.05, 4.69) is 20.7 Å². The molecule has 0 spiro atoms. The number of nitrogens with zero attached hydrogens (tertiary/aromatic N) is 2. The Morgan fingerprint density at radius 3 is 2.48 bits per heavy atom. The monoisotopic (exact) mass is 290 g/mol. The summed E-state index contributed by atoms with van der Waals surface area (Å²) in [6, 6.07) is 9.99. The third-order valence-corrected chi connectivity index (χ3v) is 2.98. The molecule has 0 atom stereocenters. The van der Waals surface area contributed by atoms with Gasteiger partial charge < -0.3 is 14.8 Å². The van der Waals surface area contributed by atoms with E-state index < -0.39 is 0 Å². The van der Waals surface area contributed by atoms with E-state index in [1.807, 2.05) is 44.2 Å². The van der Waals surface area contributed by atoms with E-state index in [1.165, 1.54) is 0 Å². The van der Waals surface area contributed by atoms with Crippen LogP contribution in [-0.2, 0) is 16.0 Å². The molecule has 0 aliphatic carbocycles. The minimum atomic E-state index is -0.230. The standard InChI is InChI=1S/C15H22N4O2/c1-3-20-14(21-4-2)11-16-10-13-15(18-19-17-13)12-8-6-5-7-9-12/h5-9,14,16H,3-4,10-11H2,1-2H3,(H,17,18,19). The maximum atomic E-state index is 5.49. The summed E-state index contributed by atoms with van der Waals surface area (Å²) in [5.74, 6) is 0. The third-order valence-electron chi connectivity index (χ3n) is 2.98. The summed E-state index contributed by atoms with van der Waals surface area (Å²) in [6.07, 6.45) is -0.230. The van der Waals surface area contributed by atoms with Gasteiger partial charge in [0.05, 0.1) is 0 Å². The van der Waals surface area contributed by atoms with E-state index >= 15 is 0 Å². The summed E-state index contributed by atoms with van der Waals surface area (Å²) in [6.45, 7) is 6.39.